The van der Waals surface area contributed by atoms with E-state index in [0.29, 0.717) is 32.3 Å². The Morgan fingerprint density at radius 3 is 2.73 bits per heavy atom. The highest BCUT2D eigenvalue weighted by Crippen LogP contribution is 2.32. The Kier molecular flexibility index (Phi) is 6.17. The minimum atomic E-state index is 0.581. The Balaban J connectivity index is 1.53. The number of aromatic nitrogens is 2. The molecule has 0 radical (unpaired) electrons. The minimum Gasteiger partial charge on any atom is -0.490 e. The highest BCUT2D eigenvalue weighted by atomic mass is 16.5. The second-order valence-electron chi connectivity index (χ2n) is 7.23. The lowest BCUT2D eigenvalue weighted by molar-refractivity contribution is 0.297. The molecule has 0 fully saturated rings. The van der Waals surface area contributed by atoms with Crippen LogP contribution in [0.15, 0.2) is 59.7 Å². The smallest absolute Gasteiger partial charge is 0.196 e. The Morgan fingerprint density at radius 1 is 1.10 bits per heavy atom. The molecule has 0 saturated carbocycles. The number of aliphatic imine (C=N–C) groups is 1. The third-order valence-electron chi connectivity index (χ3n) is 5.04. The van der Waals surface area contributed by atoms with Crippen LogP contribution in [-0.2, 0) is 20.1 Å². The predicted octanol–water partition coefficient (Wildman–Crippen LogP) is 3.65. The van der Waals surface area contributed by atoms with Gasteiger partial charge in [0.1, 0.15) is 0 Å². The van der Waals surface area contributed by atoms with E-state index >= 15 is 0 Å². The molecule has 2 N–H and O–H groups in total. The Morgan fingerprint density at radius 2 is 1.93 bits per heavy atom. The van der Waals surface area contributed by atoms with Crippen LogP contribution in [0.5, 0.6) is 11.5 Å². The first-order chi connectivity index (χ1) is 14.7. The van der Waals surface area contributed by atoms with Crippen LogP contribution in [0.1, 0.15) is 23.2 Å². The van der Waals surface area contributed by atoms with Crippen molar-refractivity contribution in [2.75, 3.05) is 18.5 Å². The van der Waals surface area contributed by atoms with E-state index in [-0.39, 0.29) is 0 Å². The second-order valence-corrected chi connectivity index (χ2v) is 7.23. The summed E-state index contributed by atoms with van der Waals surface area (Å²) in [4.78, 5) is 4.80. The molecule has 3 aromatic rings. The van der Waals surface area contributed by atoms with Crippen molar-refractivity contribution in [2.45, 2.75) is 26.4 Å². The Labute approximate surface area is 176 Å². The van der Waals surface area contributed by atoms with Gasteiger partial charge in [-0.05, 0) is 36.2 Å². The summed E-state index contributed by atoms with van der Waals surface area (Å²) < 4.78 is 13.4. The zero-order valence-corrected chi connectivity index (χ0v) is 17.4. The van der Waals surface area contributed by atoms with Gasteiger partial charge >= 0.3 is 0 Å². The van der Waals surface area contributed by atoms with Crippen LogP contribution in [0, 0.1) is 6.92 Å². The molecular formula is C23H27N5O2. The standard InChI is InChI=1S/C23H27N5O2/c1-17-6-3-4-7-18(17)15-24-23(25-16-20-10-11-26-28(20)2)27-19-8-9-21-22(14-19)30-13-5-12-29-21/h3-4,6-11,14H,5,12-13,15-16H2,1-2H3,(H2,24,25,27). The number of nitrogens with zero attached hydrogens (tertiary/aromatic N) is 3. The van der Waals surface area contributed by atoms with E-state index in [1.54, 1.807) is 6.20 Å². The molecule has 0 unspecified atom stereocenters. The van der Waals surface area contributed by atoms with Gasteiger partial charge in [-0.15, -0.1) is 0 Å². The highest BCUT2D eigenvalue weighted by molar-refractivity contribution is 5.93. The fraction of sp³-hybridized carbons (Fsp3) is 0.304. The van der Waals surface area contributed by atoms with Crippen LogP contribution in [0.2, 0.25) is 0 Å². The number of rotatable bonds is 5. The highest BCUT2D eigenvalue weighted by Gasteiger charge is 2.12. The normalized spacial score (nSPS) is 13.6. The molecule has 7 heteroatoms. The average Bonchev–Trinajstić information content (AvgIpc) is 3.02. The van der Waals surface area contributed by atoms with Gasteiger partial charge in [0.25, 0.3) is 0 Å². The van der Waals surface area contributed by atoms with Crippen molar-refractivity contribution < 1.29 is 9.47 Å². The van der Waals surface area contributed by atoms with Crippen LogP contribution in [0.25, 0.3) is 0 Å². The van der Waals surface area contributed by atoms with Gasteiger partial charge in [0.2, 0.25) is 0 Å². The van der Waals surface area contributed by atoms with E-state index in [0.717, 1.165) is 29.3 Å². The SMILES string of the molecule is Cc1ccccc1CN=C(NCc1ccnn1C)Nc1ccc2c(c1)OCCCO2. The van der Waals surface area contributed by atoms with Gasteiger partial charge in [-0.3, -0.25) is 4.68 Å². The third kappa shape index (κ3) is 4.92. The number of hydrogen-bond acceptors (Lipinski definition) is 4. The maximum absolute atomic E-state index is 5.81. The molecule has 0 atom stereocenters. The quantitative estimate of drug-likeness (QED) is 0.501. The minimum absolute atomic E-state index is 0.581. The third-order valence-corrected chi connectivity index (χ3v) is 5.04. The predicted molar refractivity (Wildman–Crippen MR) is 118 cm³/mol. The maximum atomic E-state index is 5.81. The summed E-state index contributed by atoms with van der Waals surface area (Å²) in [5.74, 6) is 2.22. The number of hydrogen-bond donors (Lipinski definition) is 2. The molecule has 0 spiro atoms. The lowest BCUT2D eigenvalue weighted by Gasteiger charge is -2.15. The van der Waals surface area contributed by atoms with Crippen molar-refractivity contribution in [3.05, 3.63) is 71.5 Å². The molecule has 2 aromatic carbocycles. The maximum Gasteiger partial charge on any atom is 0.196 e. The lowest BCUT2D eigenvalue weighted by atomic mass is 10.1. The Hall–Kier alpha value is -3.48. The summed E-state index contributed by atoms with van der Waals surface area (Å²) in [6.07, 6.45) is 2.67. The fourth-order valence-electron chi connectivity index (χ4n) is 3.22. The van der Waals surface area contributed by atoms with Crippen molar-refractivity contribution in [1.29, 1.82) is 0 Å². The van der Waals surface area contributed by atoms with Crippen molar-refractivity contribution in [2.24, 2.45) is 12.0 Å². The van der Waals surface area contributed by atoms with Gasteiger partial charge in [-0.25, -0.2) is 4.99 Å². The molecule has 2 heterocycles. The second kappa shape index (κ2) is 9.35. The van der Waals surface area contributed by atoms with E-state index in [9.17, 15) is 0 Å². The largest absolute Gasteiger partial charge is 0.490 e. The summed E-state index contributed by atoms with van der Waals surface area (Å²) in [6, 6.07) is 16.1. The van der Waals surface area contributed by atoms with E-state index in [1.807, 2.05) is 48.1 Å². The van der Waals surface area contributed by atoms with Crippen LogP contribution in [0.4, 0.5) is 5.69 Å². The van der Waals surface area contributed by atoms with Gasteiger partial charge in [-0.1, -0.05) is 24.3 Å². The van der Waals surface area contributed by atoms with Crippen molar-refractivity contribution >= 4 is 11.6 Å². The van der Waals surface area contributed by atoms with Crippen LogP contribution in [-0.4, -0.2) is 29.0 Å². The van der Waals surface area contributed by atoms with E-state index in [2.05, 4.69) is 34.8 Å². The number of guanidine groups is 1. The summed E-state index contributed by atoms with van der Waals surface area (Å²) in [6.45, 7) is 4.63. The first kappa shape index (κ1) is 19.8. The monoisotopic (exact) mass is 405 g/mol. The number of benzene rings is 2. The number of fused-ring (bicyclic) bond motifs is 1. The number of ether oxygens (including phenoxy) is 2. The molecule has 1 aromatic heterocycles. The summed E-state index contributed by atoms with van der Waals surface area (Å²) >= 11 is 0. The van der Waals surface area contributed by atoms with Crippen molar-refractivity contribution in [3.63, 3.8) is 0 Å². The molecule has 0 amide bonds. The van der Waals surface area contributed by atoms with Crippen LogP contribution < -0.4 is 20.1 Å². The summed E-state index contributed by atoms with van der Waals surface area (Å²) in [5.41, 5.74) is 4.37. The van der Waals surface area contributed by atoms with E-state index < -0.39 is 0 Å². The zero-order chi connectivity index (χ0) is 20.8. The molecule has 30 heavy (non-hydrogen) atoms. The van der Waals surface area contributed by atoms with Crippen molar-refractivity contribution in [1.82, 2.24) is 15.1 Å². The average molecular weight is 406 g/mol. The van der Waals surface area contributed by atoms with Gasteiger partial charge in [-0.2, -0.15) is 5.10 Å². The number of nitrogens with one attached hydrogen (secondary N) is 2. The number of aryl methyl sites for hydroxylation is 2. The van der Waals surface area contributed by atoms with Gasteiger partial charge in [0.15, 0.2) is 17.5 Å². The van der Waals surface area contributed by atoms with E-state index in [1.165, 1.54) is 11.1 Å². The van der Waals surface area contributed by atoms with Crippen LogP contribution in [0.3, 0.4) is 0 Å². The molecule has 0 aliphatic carbocycles. The number of anilines is 1. The van der Waals surface area contributed by atoms with E-state index in [4.69, 9.17) is 14.5 Å². The molecule has 1 aliphatic rings. The first-order valence-electron chi connectivity index (χ1n) is 10.2. The van der Waals surface area contributed by atoms with Gasteiger partial charge in [0.05, 0.1) is 32.0 Å². The molecule has 0 saturated heterocycles. The first-order valence-corrected chi connectivity index (χ1v) is 10.2. The molecule has 1 aliphatic heterocycles. The molecule has 4 rings (SSSR count). The topological polar surface area (TPSA) is 72.7 Å². The summed E-state index contributed by atoms with van der Waals surface area (Å²) in [5, 5.41) is 11.0. The Bertz CT molecular complexity index is 1030. The zero-order valence-electron chi connectivity index (χ0n) is 17.4. The molecule has 7 nitrogen and oxygen atoms in total. The molecular weight excluding hydrogens is 378 g/mol. The van der Waals surface area contributed by atoms with Crippen LogP contribution >= 0.6 is 0 Å². The fourth-order valence-corrected chi connectivity index (χ4v) is 3.22. The van der Waals surface area contributed by atoms with Crippen molar-refractivity contribution in [3.8, 4) is 11.5 Å². The van der Waals surface area contributed by atoms with Gasteiger partial charge < -0.3 is 20.1 Å². The molecule has 0 bridgehead atoms. The van der Waals surface area contributed by atoms with Gasteiger partial charge in [0, 0.05) is 31.4 Å². The summed E-state index contributed by atoms with van der Waals surface area (Å²) in [7, 11) is 1.93. The lowest BCUT2D eigenvalue weighted by Crippen LogP contribution is -2.31. The molecule has 156 valence electrons.